The Kier molecular flexibility index (Phi) is 6.30. The molecule has 30 heavy (non-hydrogen) atoms. The van der Waals surface area contributed by atoms with E-state index < -0.39 is 0 Å². The SMILES string of the molecule is Cc1onc(C(=O)N2CCN(Cc3ccccn3)CC2)c1COc1ccc(Cl)cc1. The monoisotopic (exact) mass is 426 g/mol. The average Bonchev–Trinajstić information content (AvgIpc) is 3.14. The van der Waals surface area contributed by atoms with Crippen molar-refractivity contribution in [3.05, 3.63) is 76.4 Å². The van der Waals surface area contributed by atoms with Crippen LogP contribution < -0.4 is 4.74 Å². The van der Waals surface area contributed by atoms with Crippen molar-refractivity contribution < 1.29 is 14.1 Å². The lowest BCUT2D eigenvalue weighted by molar-refractivity contribution is 0.0615. The second-order valence-electron chi connectivity index (χ2n) is 7.20. The molecule has 156 valence electrons. The molecule has 1 aliphatic heterocycles. The maximum absolute atomic E-state index is 13.1. The minimum absolute atomic E-state index is 0.126. The minimum Gasteiger partial charge on any atom is -0.489 e. The molecule has 3 aromatic rings. The van der Waals surface area contributed by atoms with Crippen LogP contribution in [0.4, 0.5) is 0 Å². The largest absolute Gasteiger partial charge is 0.489 e. The normalized spacial score (nSPS) is 14.7. The van der Waals surface area contributed by atoms with Crippen LogP contribution >= 0.6 is 11.6 Å². The average molecular weight is 427 g/mol. The topological polar surface area (TPSA) is 71.7 Å². The number of carbonyl (C=O) groups is 1. The number of ether oxygens (including phenoxy) is 1. The van der Waals surface area contributed by atoms with Crippen LogP contribution in [0.15, 0.2) is 53.2 Å². The van der Waals surface area contributed by atoms with Crippen molar-refractivity contribution in [2.75, 3.05) is 26.2 Å². The number of hydrogen-bond donors (Lipinski definition) is 0. The number of piperazine rings is 1. The molecule has 7 nitrogen and oxygen atoms in total. The first-order chi connectivity index (χ1) is 14.6. The van der Waals surface area contributed by atoms with Crippen LogP contribution in [0.1, 0.15) is 27.5 Å². The lowest BCUT2D eigenvalue weighted by Gasteiger charge is -2.34. The molecule has 4 rings (SSSR count). The fourth-order valence-corrected chi connectivity index (χ4v) is 3.52. The highest BCUT2D eigenvalue weighted by Crippen LogP contribution is 2.21. The highest BCUT2D eigenvalue weighted by molar-refractivity contribution is 6.30. The van der Waals surface area contributed by atoms with Gasteiger partial charge in [-0.15, -0.1) is 0 Å². The molecule has 1 fully saturated rings. The van der Waals surface area contributed by atoms with Gasteiger partial charge in [-0.2, -0.15) is 0 Å². The van der Waals surface area contributed by atoms with E-state index >= 15 is 0 Å². The zero-order chi connectivity index (χ0) is 20.9. The Labute approximate surface area is 180 Å². The van der Waals surface area contributed by atoms with Gasteiger partial charge in [-0.25, -0.2) is 0 Å². The molecule has 8 heteroatoms. The number of aromatic nitrogens is 2. The van der Waals surface area contributed by atoms with E-state index in [0.717, 1.165) is 25.3 Å². The fourth-order valence-electron chi connectivity index (χ4n) is 3.40. The summed E-state index contributed by atoms with van der Waals surface area (Å²) in [6.07, 6.45) is 1.80. The number of amides is 1. The molecule has 0 aliphatic carbocycles. The Balaban J connectivity index is 1.36. The summed E-state index contributed by atoms with van der Waals surface area (Å²) in [4.78, 5) is 21.5. The number of benzene rings is 1. The van der Waals surface area contributed by atoms with Gasteiger partial charge in [0.1, 0.15) is 18.1 Å². The highest BCUT2D eigenvalue weighted by atomic mass is 35.5. The summed E-state index contributed by atoms with van der Waals surface area (Å²) in [5.74, 6) is 1.13. The van der Waals surface area contributed by atoms with Gasteiger partial charge >= 0.3 is 0 Å². The molecule has 3 heterocycles. The molecule has 0 saturated carbocycles. The van der Waals surface area contributed by atoms with Crippen LogP contribution in [0.25, 0.3) is 0 Å². The van der Waals surface area contributed by atoms with E-state index in [-0.39, 0.29) is 12.5 Å². The first-order valence-electron chi connectivity index (χ1n) is 9.85. The first kappa shape index (κ1) is 20.4. The number of rotatable bonds is 6. The first-order valence-corrected chi connectivity index (χ1v) is 10.2. The van der Waals surface area contributed by atoms with Crippen molar-refractivity contribution in [3.8, 4) is 5.75 Å². The Morgan fingerprint density at radius 1 is 1.13 bits per heavy atom. The minimum atomic E-state index is -0.126. The van der Waals surface area contributed by atoms with Crippen molar-refractivity contribution in [2.45, 2.75) is 20.1 Å². The Morgan fingerprint density at radius 3 is 2.60 bits per heavy atom. The summed E-state index contributed by atoms with van der Waals surface area (Å²) < 4.78 is 11.1. The van der Waals surface area contributed by atoms with Crippen LogP contribution in [0.2, 0.25) is 5.02 Å². The van der Waals surface area contributed by atoms with Crippen molar-refractivity contribution in [1.29, 1.82) is 0 Å². The third-order valence-corrected chi connectivity index (χ3v) is 5.41. The second-order valence-corrected chi connectivity index (χ2v) is 7.63. The zero-order valence-corrected chi connectivity index (χ0v) is 17.5. The molecule has 0 bridgehead atoms. The summed E-state index contributed by atoms with van der Waals surface area (Å²) in [7, 11) is 0. The molecule has 1 amide bonds. The van der Waals surface area contributed by atoms with Gasteiger partial charge in [0.15, 0.2) is 5.69 Å². The lowest BCUT2D eigenvalue weighted by atomic mass is 10.1. The van der Waals surface area contributed by atoms with E-state index in [9.17, 15) is 4.79 Å². The van der Waals surface area contributed by atoms with Gasteiger partial charge in [-0.3, -0.25) is 14.7 Å². The van der Waals surface area contributed by atoms with E-state index in [2.05, 4.69) is 15.0 Å². The number of aryl methyl sites for hydroxylation is 1. The molecule has 0 radical (unpaired) electrons. The number of halogens is 1. The van der Waals surface area contributed by atoms with E-state index in [1.54, 1.807) is 37.4 Å². The molecule has 1 aliphatic rings. The van der Waals surface area contributed by atoms with Crippen LogP contribution in [-0.4, -0.2) is 52.0 Å². The van der Waals surface area contributed by atoms with E-state index in [1.807, 2.05) is 23.1 Å². The number of hydrogen-bond acceptors (Lipinski definition) is 6. The summed E-state index contributed by atoms with van der Waals surface area (Å²) in [5.41, 5.74) is 2.02. The summed E-state index contributed by atoms with van der Waals surface area (Å²) >= 11 is 5.91. The van der Waals surface area contributed by atoms with Crippen molar-refractivity contribution in [3.63, 3.8) is 0 Å². The van der Waals surface area contributed by atoms with Gasteiger partial charge in [-0.1, -0.05) is 22.8 Å². The van der Waals surface area contributed by atoms with Crippen molar-refractivity contribution >= 4 is 17.5 Å². The molecule has 0 atom stereocenters. The van der Waals surface area contributed by atoms with Gasteiger partial charge < -0.3 is 14.2 Å². The van der Waals surface area contributed by atoms with Gasteiger partial charge in [0.2, 0.25) is 0 Å². The molecule has 0 N–H and O–H groups in total. The van der Waals surface area contributed by atoms with Gasteiger partial charge in [0, 0.05) is 43.9 Å². The summed E-state index contributed by atoms with van der Waals surface area (Å²) in [6, 6.07) is 13.0. The van der Waals surface area contributed by atoms with E-state index in [4.69, 9.17) is 20.9 Å². The fraction of sp³-hybridized carbons (Fsp3) is 0.318. The number of pyridine rings is 1. The molecule has 0 spiro atoms. The van der Waals surface area contributed by atoms with Crippen molar-refractivity contribution in [2.24, 2.45) is 0 Å². The number of carbonyl (C=O) groups excluding carboxylic acids is 1. The van der Waals surface area contributed by atoms with Gasteiger partial charge in [0.05, 0.1) is 11.3 Å². The van der Waals surface area contributed by atoms with E-state index in [1.165, 1.54) is 0 Å². The maximum atomic E-state index is 13.1. The zero-order valence-electron chi connectivity index (χ0n) is 16.8. The molecular formula is C22H23ClN4O3. The second kappa shape index (κ2) is 9.28. The maximum Gasteiger partial charge on any atom is 0.276 e. The highest BCUT2D eigenvalue weighted by Gasteiger charge is 2.28. The molecule has 0 unspecified atom stereocenters. The Bertz CT molecular complexity index is 983. The third-order valence-electron chi connectivity index (χ3n) is 5.16. The quantitative estimate of drug-likeness (QED) is 0.600. The van der Waals surface area contributed by atoms with Crippen LogP contribution in [0.3, 0.4) is 0 Å². The molecular weight excluding hydrogens is 404 g/mol. The van der Waals surface area contributed by atoms with E-state index in [0.29, 0.717) is 40.9 Å². The Hall–Kier alpha value is -2.90. The van der Waals surface area contributed by atoms with Gasteiger partial charge in [-0.05, 0) is 43.3 Å². The number of nitrogens with zero attached hydrogens (tertiary/aromatic N) is 4. The lowest BCUT2D eigenvalue weighted by Crippen LogP contribution is -2.48. The predicted octanol–water partition coefficient (Wildman–Crippen LogP) is 3.57. The standard InChI is InChI=1S/C22H23ClN4O3/c1-16-20(15-29-19-7-5-17(23)6-8-19)21(25-30-16)22(28)27-12-10-26(11-13-27)14-18-4-2-3-9-24-18/h2-9H,10-15H2,1H3. The van der Waals surface area contributed by atoms with Crippen molar-refractivity contribution in [1.82, 2.24) is 19.9 Å². The smallest absolute Gasteiger partial charge is 0.276 e. The predicted molar refractivity (Wildman–Crippen MR) is 112 cm³/mol. The molecule has 2 aromatic heterocycles. The molecule has 1 saturated heterocycles. The summed E-state index contributed by atoms with van der Waals surface area (Å²) in [5, 5.41) is 4.65. The third kappa shape index (κ3) is 4.80. The van der Waals surface area contributed by atoms with Crippen LogP contribution in [0, 0.1) is 6.92 Å². The summed E-state index contributed by atoms with van der Waals surface area (Å²) in [6.45, 7) is 5.62. The van der Waals surface area contributed by atoms with Gasteiger partial charge in [0.25, 0.3) is 5.91 Å². The van der Waals surface area contributed by atoms with Crippen LogP contribution in [0.5, 0.6) is 5.75 Å². The molecule has 1 aromatic carbocycles. The Morgan fingerprint density at radius 2 is 1.90 bits per heavy atom. The van der Waals surface area contributed by atoms with Crippen LogP contribution in [-0.2, 0) is 13.2 Å².